The molecular weight excluding hydrogens is 256 g/mol. The molecule has 0 fully saturated rings. The summed E-state index contributed by atoms with van der Waals surface area (Å²) >= 11 is 6.29. The van der Waals surface area contributed by atoms with Crippen molar-refractivity contribution in [3.63, 3.8) is 0 Å². The number of ether oxygens (including phenoxy) is 2. The average molecular weight is 271 g/mol. The largest absolute Gasteiger partial charge is 0.493 e. The number of carbonyl (C=O) groups is 1. The molecule has 1 aliphatic carbocycles. The smallest absolute Gasteiger partial charge is 0.306 e. The number of rotatable bonds is 3. The van der Waals surface area contributed by atoms with Gasteiger partial charge in [-0.15, -0.1) is 0 Å². The molecule has 5 heteroatoms. The van der Waals surface area contributed by atoms with Crippen molar-refractivity contribution in [1.82, 2.24) is 0 Å². The first kappa shape index (κ1) is 13.0. The quantitative estimate of drug-likeness (QED) is 0.917. The van der Waals surface area contributed by atoms with Crippen LogP contribution in [0.15, 0.2) is 6.07 Å². The maximum absolute atomic E-state index is 11.0. The van der Waals surface area contributed by atoms with Crippen LogP contribution in [0.5, 0.6) is 11.5 Å². The lowest BCUT2D eigenvalue weighted by molar-refractivity contribution is -0.142. The van der Waals surface area contributed by atoms with E-state index in [1.54, 1.807) is 7.11 Å². The van der Waals surface area contributed by atoms with Gasteiger partial charge in [-0.25, -0.2) is 0 Å². The van der Waals surface area contributed by atoms with Crippen LogP contribution in [0.3, 0.4) is 0 Å². The number of carboxylic acids is 1. The van der Waals surface area contributed by atoms with Crippen molar-refractivity contribution < 1.29 is 19.4 Å². The van der Waals surface area contributed by atoms with Crippen molar-refractivity contribution in [1.29, 1.82) is 0 Å². The minimum atomic E-state index is -0.758. The third-order valence-corrected chi connectivity index (χ3v) is 3.76. The average Bonchev–Trinajstić information content (AvgIpc) is 2.37. The maximum Gasteiger partial charge on any atom is 0.306 e. The molecule has 1 atom stereocenters. The summed E-state index contributed by atoms with van der Waals surface area (Å²) in [5, 5.41) is 9.61. The third kappa shape index (κ3) is 2.12. The van der Waals surface area contributed by atoms with Gasteiger partial charge in [-0.1, -0.05) is 11.6 Å². The Hall–Kier alpha value is -1.42. The molecule has 0 aromatic heterocycles. The van der Waals surface area contributed by atoms with Crippen molar-refractivity contribution >= 4 is 17.6 Å². The summed E-state index contributed by atoms with van der Waals surface area (Å²) in [6.45, 7) is 0. The van der Waals surface area contributed by atoms with E-state index in [4.69, 9.17) is 26.2 Å². The van der Waals surface area contributed by atoms with Crippen LogP contribution in [0.2, 0.25) is 5.02 Å². The molecule has 0 saturated heterocycles. The minimum Gasteiger partial charge on any atom is -0.493 e. The molecule has 0 aliphatic heterocycles. The molecule has 1 N–H and O–H groups in total. The monoisotopic (exact) mass is 270 g/mol. The zero-order valence-electron chi connectivity index (χ0n) is 10.3. The van der Waals surface area contributed by atoms with Crippen LogP contribution >= 0.6 is 11.6 Å². The van der Waals surface area contributed by atoms with Crippen molar-refractivity contribution in [2.45, 2.75) is 19.3 Å². The summed E-state index contributed by atoms with van der Waals surface area (Å²) in [4.78, 5) is 11.0. The number of hydrogen-bond acceptors (Lipinski definition) is 3. The number of carboxylic acid groups (broad SMARTS) is 1. The molecule has 0 heterocycles. The normalized spacial score (nSPS) is 18.1. The third-order valence-electron chi connectivity index (χ3n) is 3.36. The Morgan fingerprint density at radius 2 is 2.17 bits per heavy atom. The predicted octanol–water partition coefficient (Wildman–Crippen LogP) is 2.55. The highest BCUT2D eigenvalue weighted by Crippen LogP contribution is 2.42. The number of halogens is 1. The molecule has 1 aliphatic rings. The second-order valence-corrected chi connectivity index (χ2v) is 4.72. The predicted molar refractivity (Wildman–Crippen MR) is 67.7 cm³/mol. The summed E-state index contributed by atoms with van der Waals surface area (Å²) in [5.74, 6) is -0.0304. The number of aliphatic carboxylic acids is 1. The topological polar surface area (TPSA) is 55.8 Å². The van der Waals surface area contributed by atoms with E-state index < -0.39 is 5.97 Å². The Morgan fingerprint density at radius 3 is 2.72 bits per heavy atom. The van der Waals surface area contributed by atoms with Gasteiger partial charge in [0.25, 0.3) is 0 Å². The number of fused-ring (bicyclic) bond motifs is 1. The van der Waals surface area contributed by atoms with E-state index >= 15 is 0 Å². The summed E-state index contributed by atoms with van der Waals surface area (Å²) in [6.07, 6.45) is 1.76. The van der Waals surface area contributed by atoms with E-state index in [0.717, 1.165) is 11.1 Å². The fourth-order valence-corrected chi connectivity index (χ4v) is 2.77. The van der Waals surface area contributed by atoms with E-state index in [0.29, 0.717) is 35.8 Å². The van der Waals surface area contributed by atoms with Crippen molar-refractivity contribution in [2.24, 2.45) is 5.92 Å². The van der Waals surface area contributed by atoms with Crippen molar-refractivity contribution in [2.75, 3.05) is 14.2 Å². The van der Waals surface area contributed by atoms with Crippen LogP contribution in [-0.4, -0.2) is 25.3 Å². The van der Waals surface area contributed by atoms with Crippen LogP contribution in [0.4, 0.5) is 0 Å². The van der Waals surface area contributed by atoms with Gasteiger partial charge in [0.15, 0.2) is 11.5 Å². The standard InChI is InChI=1S/C13H15ClO4/c1-17-10-6-8-5-7(13(15)16)3-4-9(8)11(14)12(10)18-2/h6-7H,3-5H2,1-2H3,(H,15,16)/t7-/m1/s1. The van der Waals surface area contributed by atoms with Crippen LogP contribution < -0.4 is 9.47 Å². The lowest BCUT2D eigenvalue weighted by atomic mass is 9.83. The molecule has 0 spiro atoms. The van der Waals surface area contributed by atoms with Crippen molar-refractivity contribution in [3.8, 4) is 11.5 Å². The Bertz CT molecular complexity index is 484. The first-order valence-corrected chi connectivity index (χ1v) is 6.11. The van der Waals surface area contributed by atoms with Gasteiger partial charge in [-0.05, 0) is 36.5 Å². The van der Waals surface area contributed by atoms with Crippen molar-refractivity contribution in [3.05, 3.63) is 22.2 Å². The Labute approximate surface area is 110 Å². The first-order valence-electron chi connectivity index (χ1n) is 5.73. The number of hydrogen-bond donors (Lipinski definition) is 1. The Balaban J connectivity index is 2.46. The summed E-state index contributed by atoms with van der Waals surface area (Å²) in [7, 11) is 3.08. The fourth-order valence-electron chi connectivity index (χ4n) is 2.39. The van der Waals surface area contributed by atoms with E-state index in [1.807, 2.05) is 6.07 Å². The molecule has 0 saturated carbocycles. The number of methoxy groups -OCH3 is 2. The van der Waals surface area contributed by atoms with E-state index in [-0.39, 0.29) is 5.92 Å². The fraction of sp³-hybridized carbons (Fsp3) is 0.462. The minimum absolute atomic E-state index is 0.341. The molecule has 4 nitrogen and oxygen atoms in total. The molecule has 1 aromatic rings. The van der Waals surface area contributed by atoms with Crippen LogP contribution in [0, 0.1) is 5.92 Å². The summed E-state index contributed by atoms with van der Waals surface area (Å²) in [6, 6.07) is 1.83. The first-order chi connectivity index (χ1) is 8.58. The second-order valence-electron chi connectivity index (χ2n) is 4.34. The highest BCUT2D eigenvalue weighted by Gasteiger charge is 2.28. The van der Waals surface area contributed by atoms with Gasteiger partial charge in [0.05, 0.1) is 25.2 Å². The lowest BCUT2D eigenvalue weighted by Crippen LogP contribution is -2.22. The van der Waals surface area contributed by atoms with E-state index in [9.17, 15) is 4.79 Å². The van der Waals surface area contributed by atoms with Crippen LogP contribution in [0.25, 0.3) is 0 Å². The Kier molecular flexibility index (Phi) is 3.66. The maximum atomic E-state index is 11.0. The summed E-state index contributed by atoms with van der Waals surface area (Å²) < 4.78 is 10.5. The molecular formula is C13H15ClO4. The van der Waals surface area contributed by atoms with Gasteiger partial charge < -0.3 is 14.6 Å². The molecule has 98 valence electrons. The molecule has 0 amide bonds. The van der Waals surface area contributed by atoms with Gasteiger partial charge in [0.2, 0.25) is 0 Å². The Morgan fingerprint density at radius 1 is 1.44 bits per heavy atom. The molecule has 18 heavy (non-hydrogen) atoms. The van der Waals surface area contributed by atoms with E-state index in [2.05, 4.69) is 0 Å². The van der Waals surface area contributed by atoms with Gasteiger partial charge >= 0.3 is 5.97 Å². The highest BCUT2D eigenvalue weighted by molar-refractivity contribution is 6.33. The zero-order valence-corrected chi connectivity index (χ0v) is 11.1. The van der Waals surface area contributed by atoms with Gasteiger partial charge in [0.1, 0.15) is 0 Å². The van der Waals surface area contributed by atoms with Gasteiger partial charge in [-0.3, -0.25) is 4.79 Å². The second kappa shape index (κ2) is 5.06. The highest BCUT2D eigenvalue weighted by atomic mass is 35.5. The van der Waals surface area contributed by atoms with Crippen LogP contribution in [-0.2, 0) is 17.6 Å². The van der Waals surface area contributed by atoms with Gasteiger partial charge in [0, 0.05) is 0 Å². The molecule has 0 unspecified atom stereocenters. The molecule has 1 aromatic carbocycles. The molecule has 2 rings (SSSR count). The van der Waals surface area contributed by atoms with Crippen LogP contribution in [0.1, 0.15) is 17.5 Å². The summed E-state index contributed by atoms with van der Waals surface area (Å²) in [5.41, 5.74) is 1.92. The molecule has 0 radical (unpaired) electrons. The molecule has 0 bridgehead atoms. The van der Waals surface area contributed by atoms with Gasteiger partial charge in [-0.2, -0.15) is 0 Å². The zero-order chi connectivity index (χ0) is 13.3. The lowest BCUT2D eigenvalue weighted by Gasteiger charge is -2.24. The van der Waals surface area contributed by atoms with E-state index in [1.165, 1.54) is 7.11 Å². The number of benzene rings is 1. The SMILES string of the molecule is COc1cc2c(c(Cl)c1OC)CC[C@@H](C(=O)O)C2.